The highest BCUT2D eigenvalue weighted by Crippen LogP contribution is 2.26. The van der Waals surface area contributed by atoms with Gasteiger partial charge >= 0.3 is 0 Å². The molecule has 2 aromatic heterocycles. The van der Waals surface area contributed by atoms with Gasteiger partial charge in [-0.15, -0.1) is 0 Å². The largest absolute Gasteiger partial charge is 0.493 e. The Hall–Kier alpha value is -3.26. The first-order valence-corrected chi connectivity index (χ1v) is 8.77. The molecule has 27 heavy (non-hydrogen) atoms. The maximum atomic E-state index is 12.5. The summed E-state index contributed by atoms with van der Waals surface area (Å²) in [6.07, 6.45) is 3.66. The highest BCUT2D eigenvalue weighted by Gasteiger charge is 2.16. The zero-order chi connectivity index (χ0) is 18.6. The number of pyridine rings is 1. The van der Waals surface area contributed by atoms with Crippen molar-refractivity contribution in [3.05, 3.63) is 53.9 Å². The van der Waals surface area contributed by atoms with Crippen LogP contribution in [0.25, 0.3) is 10.9 Å². The van der Waals surface area contributed by atoms with E-state index in [-0.39, 0.29) is 12.5 Å². The lowest BCUT2D eigenvalue weighted by Gasteiger charge is -2.10. The lowest BCUT2D eigenvalue weighted by Crippen LogP contribution is -2.24. The van der Waals surface area contributed by atoms with E-state index in [9.17, 15) is 4.79 Å². The van der Waals surface area contributed by atoms with E-state index >= 15 is 0 Å². The van der Waals surface area contributed by atoms with Gasteiger partial charge in [0.2, 0.25) is 5.62 Å². The van der Waals surface area contributed by atoms with E-state index in [1.807, 2.05) is 22.8 Å². The van der Waals surface area contributed by atoms with Crippen molar-refractivity contribution in [2.24, 2.45) is 4.99 Å². The molecule has 1 amide bonds. The third-order valence-corrected chi connectivity index (χ3v) is 4.27. The maximum Gasteiger partial charge on any atom is 0.281 e. The van der Waals surface area contributed by atoms with Crippen LogP contribution in [0.1, 0.15) is 16.8 Å². The molecular weight excluding hydrogens is 346 g/mol. The van der Waals surface area contributed by atoms with Crippen LogP contribution in [-0.2, 0) is 6.54 Å². The minimum absolute atomic E-state index is 0.0827. The van der Waals surface area contributed by atoms with Crippen LogP contribution in [0.3, 0.4) is 0 Å². The molecule has 8 heteroatoms. The Morgan fingerprint density at radius 2 is 2.30 bits per heavy atom. The van der Waals surface area contributed by atoms with E-state index in [2.05, 4.69) is 20.3 Å². The van der Waals surface area contributed by atoms with Crippen molar-refractivity contribution in [1.29, 1.82) is 0 Å². The average molecular weight is 365 g/mol. The maximum absolute atomic E-state index is 12.5. The van der Waals surface area contributed by atoms with Gasteiger partial charge in [0.15, 0.2) is 0 Å². The van der Waals surface area contributed by atoms with Crippen molar-refractivity contribution in [2.45, 2.75) is 13.0 Å². The fraction of sp³-hybridized carbons (Fsp3) is 0.263. The third-order valence-electron chi connectivity index (χ3n) is 4.27. The average Bonchev–Trinajstić information content (AvgIpc) is 3.19. The lowest BCUT2D eigenvalue weighted by molar-refractivity contribution is 0.0996. The highest BCUT2D eigenvalue weighted by molar-refractivity contribution is 5.95. The molecule has 138 valence electrons. The summed E-state index contributed by atoms with van der Waals surface area (Å²) in [7, 11) is 0. The van der Waals surface area contributed by atoms with Gasteiger partial charge in [-0.05, 0) is 24.3 Å². The second-order valence-electron chi connectivity index (χ2n) is 6.10. The number of hydrogen-bond donors (Lipinski definition) is 2. The van der Waals surface area contributed by atoms with E-state index in [4.69, 9.17) is 9.84 Å². The minimum Gasteiger partial charge on any atom is -0.493 e. The van der Waals surface area contributed by atoms with Crippen LogP contribution < -0.4 is 15.7 Å². The van der Waals surface area contributed by atoms with Crippen molar-refractivity contribution in [2.75, 3.05) is 25.1 Å². The van der Waals surface area contributed by atoms with Gasteiger partial charge in [-0.2, -0.15) is 4.99 Å². The molecule has 0 spiro atoms. The smallest absolute Gasteiger partial charge is 0.281 e. The molecule has 0 saturated heterocycles. The monoisotopic (exact) mass is 365 g/mol. The molecule has 1 aliphatic heterocycles. The Bertz CT molecular complexity index is 1050. The van der Waals surface area contributed by atoms with Gasteiger partial charge in [0, 0.05) is 50.0 Å². The predicted octanol–water partition coefficient (Wildman–Crippen LogP) is 1.36. The fourth-order valence-corrected chi connectivity index (χ4v) is 2.98. The predicted molar refractivity (Wildman–Crippen MR) is 99.6 cm³/mol. The summed E-state index contributed by atoms with van der Waals surface area (Å²) in [4.78, 5) is 25.2. The molecule has 4 rings (SSSR count). The van der Waals surface area contributed by atoms with Crippen molar-refractivity contribution in [3.8, 4) is 5.75 Å². The van der Waals surface area contributed by atoms with Crippen molar-refractivity contribution in [1.82, 2.24) is 14.5 Å². The second-order valence-corrected chi connectivity index (χ2v) is 6.10. The van der Waals surface area contributed by atoms with E-state index in [1.54, 1.807) is 18.3 Å². The zero-order valence-electron chi connectivity index (χ0n) is 14.6. The fourth-order valence-electron chi connectivity index (χ4n) is 2.98. The Morgan fingerprint density at radius 3 is 3.11 bits per heavy atom. The summed E-state index contributed by atoms with van der Waals surface area (Å²) in [5.74, 6) is 1.17. The number of ether oxygens (including phenoxy) is 1. The van der Waals surface area contributed by atoms with Gasteiger partial charge in [-0.3, -0.25) is 14.3 Å². The molecule has 0 fully saturated rings. The number of rotatable bonds is 5. The first-order valence-electron chi connectivity index (χ1n) is 8.77. The molecule has 3 heterocycles. The number of benzene rings is 1. The van der Waals surface area contributed by atoms with Crippen LogP contribution in [0.4, 0.5) is 5.82 Å². The number of carbonyl (C=O) groups excluding carboxylic acids is 1. The number of aliphatic hydroxyl groups is 1. The zero-order valence-corrected chi connectivity index (χ0v) is 14.6. The molecule has 1 aliphatic rings. The third kappa shape index (κ3) is 3.52. The van der Waals surface area contributed by atoms with Crippen molar-refractivity contribution < 1.29 is 14.6 Å². The number of nitrogens with zero attached hydrogens (tertiary/aromatic N) is 4. The van der Waals surface area contributed by atoms with Crippen LogP contribution >= 0.6 is 0 Å². The van der Waals surface area contributed by atoms with Crippen LogP contribution in [0, 0.1) is 0 Å². The highest BCUT2D eigenvalue weighted by atomic mass is 16.5. The number of nitrogens with one attached hydrogen (secondary N) is 1. The quantitative estimate of drug-likeness (QED) is 0.662. The Morgan fingerprint density at radius 1 is 1.37 bits per heavy atom. The number of hydrogen-bond acceptors (Lipinski definition) is 6. The first kappa shape index (κ1) is 17.2. The van der Waals surface area contributed by atoms with Crippen LogP contribution in [0.2, 0.25) is 0 Å². The molecule has 0 atom stereocenters. The topological polar surface area (TPSA) is 102 Å². The van der Waals surface area contributed by atoms with Gasteiger partial charge in [0.1, 0.15) is 11.6 Å². The molecule has 1 aromatic carbocycles. The van der Waals surface area contributed by atoms with Gasteiger partial charge in [0.25, 0.3) is 5.91 Å². The summed E-state index contributed by atoms with van der Waals surface area (Å²) in [5.41, 5.74) is 1.46. The van der Waals surface area contributed by atoms with Crippen LogP contribution in [0.15, 0.2) is 47.7 Å². The normalized spacial score (nSPS) is 13.4. The number of aromatic nitrogens is 3. The van der Waals surface area contributed by atoms with Crippen LogP contribution in [-0.4, -0.2) is 45.3 Å². The number of aliphatic hydroxyl groups excluding tert-OH is 1. The molecule has 0 radical (unpaired) electrons. The second kappa shape index (κ2) is 7.55. The first-order chi connectivity index (χ1) is 13.3. The molecule has 0 aliphatic carbocycles. The number of fused-ring (bicyclic) bond motifs is 3. The van der Waals surface area contributed by atoms with Gasteiger partial charge < -0.3 is 15.2 Å². The Kier molecular flexibility index (Phi) is 4.80. The summed E-state index contributed by atoms with van der Waals surface area (Å²) < 4.78 is 7.54. The number of amides is 1. The SMILES string of the molecule is O=C(N=c1nc2cc(OCCCO)ccc2c2n1CCN2)c1cccnc1. The molecular formula is C19H19N5O3. The number of anilines is 1. The van der Waals surface area contributed by atoms with Gasteiger partial charge in [-0.1, -0.05) is 0 Å². The van der Waals surface area contributed by atoms with Crippen molar-refractivity contribution in [3.63, 3.8) is 0 Å². The molecule has 0 bridgehead atoms. The summed E-state index contributed by atoms with van der Waals surface area (Å²) in [6.45, 7) is 1.95. The molecule has 3 aromatic rings. The molecule has 2 N–H and O–H groups in total. The molecule has 0 saturated carbocycles. The summed E-state index contributed by atoms with van der Waals surface area (Å²) in [6, 6.07) is 9.01. The Balaban J connectivity index is 1.78. The summed E-state index contributed by atoms with van der Waals surface area (Å²) >= 11 is 0. The van der Waals surface area contributed by atoms with Crippen LogP contribution in [0.5, 0.6) is 5.75 Å². The molecule has 0 unspecified atom stereocenters. The van der Waals surface area contributed by atoms with Crippen molar-refractivity contribution >= 4 is 22.6 Å². The van der Waals surface area contributed by atoms with E-state index in [1.165, 1.54) is 6.20 Å². The van der Waals surface area contributed by atoms with E-state index in [0.29, 0.717) is 42.0 Å². The lowest BCUT2D eigenvalue weighted by atomic mass is 10.2. The molecule has 8 nitrogen and oxygen atoms in total. The van der Waals surface area contributed by atoms with Gasteiger partial charge in [0.05, 0.1) is 17.7 Å². The summed E-state index contributed by atoms with van der Waals surface area (Å²) in [5, 5.41) is 13.2. The number of carbonyl (C=O) groups is 1. The Labute approximate surface area is 155 Å². The minimum atomic E-state index is -0.382. The van der Waals surface area contributed by atoms with Gasteiger partial charge in [-0.25, -0.2) is 4.98 Å². The standard InChI is InChI=1S/C19H19N5O3/c25-9-2-10-27-14-4-5-15-16(11-14)22-19(24-8-7-21-17(15)24)23-18(26)13-3-1-6-20-12-13/h1,3-6,11-12,21,25H,2,7-10H2. The van der Waals surface area contributed by atoms with E-state index < -0.39 is 0 Å². The van der Waals surface area contributed by atoms with E-state index in [0.717, 1.165) is 17.7 Å².